The molecule has 4 nitrogen and oxygen atoms in total. The molecule has 1 amide bonds. The number of halogens is 3. The lowest BCUT2D eigenvalue weighted by Gasteiger charge is -2.15. The van der Waals surface area contributed by atoms with Gasteiger partial charge in [0, 0.05) is 0 Å². The molecule has 0 aromatic carbocycles. The van der Waals surface area contributed by atoms with E-state index in [-0.39, 0.29) is 17.6 Å². The monoisotopic (exact) mass is 287 g/mol. The number of aromatic nitrogens is 1. The summed E-state index contributed by atoms with van der Waals surface area (Å²) in [4.78, 5) is 15.3. The molecule has 1 unspecified atom stereocenters. The van der Waals surface area contributed by atoms with Crippen LogP contribution in [0.2, 0.25) is 0 Å². The standard InChI is InChI=1S/C13H16F3N3O/c14-13(15,16)11-6-5-9(8-18-11)19-12(20)10-4-2-1-3-7-17-10/h5-6,8,10,17H,1-4,7H2,(H,19,20). The molecule has 7 heteroatoms. The van der Waals surface area contributed by atoms with Crippen LogP contribution in [0.1, 0.15) is 31.4 Å². The minimum Gasteiger partial charge on any atom is -0.323 e. The van der Waals surface area contributed by atoms with Gasteiger partial charge in [0.15, 0.2) is 0 Å². The van der Waals surface area contributed by atoms with E-state index in [0.29, 0.717) is 0 Å². The normalized spacial score (nSPS) is 20.2. The quantitative estimate of drug-likeness (QED) is 0.879. The van der Waals surface area contributed by atoms with E-state index in [4.69, 9.17) is 0 Å². The maximum Gasteiger partial charge on any atom is 0.433 e. The molecular weight excluding hydrogens is 271 g/mol. The Hall–Kier alpha value is -1.63. The molecule has 20 heavy (non-hydrogen) atoms. The average Bonchev–Trinajstić information content (AvgIpc) is 2.67. The maximum atomic E-state index is 12.4. The van der Waals surface area contributed by atoms with Crippen LogP contribution in [0.25, 0.3) is 0 Å². The smallest absolute Gasteiger partial charge is 0.323 e. The van der Waals surface area contributed by atoms with Gasteiger partial charge in [-0.05, 0) is 31.5 Å². The van der Waals surface area contributed by atoms with Crippen molar-refractivity contribution < 1.29 is 18.0 Å². The Morgan fingerprint density at radius 2 is 2.10 bits per heavy atom. The first-order chi connectivity index (χ1) is 9.47. The Morgan fingerprint density at radius 1 is 1.30 bits per heavy atom. The van der Waals surface area contributed by atoms with Gasteiger partial charge in [-0.25, -0.2) is 4.98 Å². The average molecular weight is 287 g/mol. The number of alkyl halides is 3. The van der Waals surface area contributed by atoms with Gasteiger partial charge in [-0.3, -0.25) is 4.79 Å². The molecule has 110 valence electrons. The highest BCUT2D eigenvalue weighted by atomic mass is 19.4. The summed E-state index contributed by atoms with van der Waals surface area (Å²) < 4.78 is 37.1. The minimum atomic E-state index is -4.47. The molecule has 1 aliphatic heterocycles. The zero-order chi connectivity index (χ0) is 14.6. The SMILES string of the molecule is O=C(Nc1ccc(C(F)(F)F)nc1)C1CCCCCN1. The van der Waals surface area contributed by atoms with Gasteiger partial charge >= 0.3 is 6.18 Å². The highest BCUT2D eigenvalue weighted by Gasteiger charge is 2.32. The number of hydrogen-bond acceptors (Lipinski definition) is 3. The molecule has 2 heterocycles. The third-order valence-corrected chi connectivity index (χ3v) is 3.20. The van der Waals surface area contributed by atoms with Crippen LogP contribution in [0, 0.1) is 0 Å². The largest absolute Gasteiger partial charge is 0.433 e. The second kappa shape index (κ2) is 6.21. The van der Waals surface area contributed by atoms with E-state index in [1.165, 1.54) is 6.07 Å². The van der Waals surface area contributed by atoms with E-state index >= 15 is 0 Å². The third kappa shape index (κ3) is 3.93. The van der Waals surface area contributed by atoms with Gasteiger partial charge in [0.1, 0.15) is 5.69 Å². The van der Waals surface area contributed by atoms with E-state index in [1.807, 2.05) is 0 Å². The first-order valence-electron chi connectivity index (χ1n) is 6.54. The van der Waals surface area contributed by atoms with Crippen molar-refractivity contribution in [3.8, 4) is 0 Å². The molecular formula is C13H16F3N3O. The lowest BCUT2D eigenvalue weighted by molar-refractivity contribution is -0.141. The number of hydrogen-bond donors (Lipinski definition) is 2. The number of carbonyl (C=O) groups excluding carboxylic acids is 1. The van der Waals surface area contributed by atoms with Crippen LogP contribution < -0.4 is 10.6 Å². The first kappa shape index (κ1) is 14.8. The van der Waals surface area contributed by atoms with E-state index in [0.717, 1.165) is 44.5 Å². The molecule has 1 fully saturated rings. The Labute approximate surface area is 114 Å². The van der Waals surface area contributed by atoms with Crippen LogP contribution >= 0.6 is 0 Å². The number of pyridine rings is 1. The number of rotatable bonds is 2. The van der Waals surface area contributed by atoms with E-state index < -0.39 is 11.9 Å². The van der Waals surface area contributed by atoms with Gasteiger partial charge in [-0.2, -0.15) is 13.2 Å². The molecule has 0 aliphatic carbocycles. The fraction of sp³-hybridized carbons (Fsp3) is 0.538. The zero-order valence-corrected chi connectivity index (χ0v) is 10.8. The molecule has 2 N–H and O–H groups in total. The number of nitrogens with zero attached hydrogens (tertiary/aromatic N) is 1. The Kier molecular flexibility index (Phi) is 4.59. The Bertz CT molecular complexity index is 451. The lowest BCUT2D eigenvalue weighted by atomic mass is 10.1. The third-order valence-electron chi connectivity index (χ3n) is 3.20. The molecule has 0 bridgehead atoms. The summed E-state index contributed by atoms with van der Waals surface area (Å²) in [5.74, 6) is -0.228. The van der Waals surface area contributed by atoms with Crippen LogP contribution in [0.4, 0.5) is 18.9 Å². The van der Waals surface area contributed by atoms with Crippen molar-refractivity contribution >= 4 is 11.6 Å². The summed E-state index contributed by atoms with van der Waals surface area (Å²) in [6, 6.07) is 1.78. The topological polar surface area (TPSA) is 54.0 Å². The summed E-state index contributed by atoms with van der Waals surface area (Å²) in [6.07, 6.45) is 0.378. The molecule has 1 saturated heterocycles. The van der Waals surface area contributed by atoms with Crippen LogP contribution in [0.3, 0.4) is 0 Å². The molecule has 1 aliphatic rings. The molecule has 1 aromatic rings. The number of amides is 1. The second-order valence-corrected chi connectivity index (χ2v) is 4.78. The van der Waals surface area contributed by atoms with Crippen LogP contribution in [0.15, 0.2) is 18.3 Å². The van der Waals surface area contributed by atoms with Crippen molar-refractivity contribution in [2.75, 3.05) is 11.9 Å². The summed E-state index contributed by atoms with van der Waals surface area (Å²) in [5.41, 5.74) is -0.697. The molecule has 2 rings (SSSR count). The summed E-state index contributed by atoms with van der Waals surface area (Å²) >= 11 is 0. The van der Waals surface area contributed by atoms with Gasteiger partial charge in [-0.15, -0.1) is 0 Å². The van der Waals surface area contributed by atoms with Gasteiger partial charge in [0.25, 0.3) is 0 Å². The highest BCUT2D eigenvalue weighted by Crippen LogP contribution is 2.27. The van der Waals surface area contributed by atoms with Crippen molar-refractivity contribution in [3.63, 3.8) is 0 Å². The fourth-order valence-corrected chi connectivity index (χ4v) is 2.12. The predicted molar refractivity (Wildman–Crippen MR) is 68.1 cm³/mol. The van der Waals surface area contributed by atoms with Gasteiger partial charge in [0.2, 0.25) is 5.91 Å². The van der Waals surface area contributed by atoms with Gasteiger partial charge < -0.3 is 10.6 Å². The highest BCUT2D eigenvalue weighted by molar-refractivity contribution is 5.94. The van der Waals surface area contributed by atoms with Crippen molar-refractivity contribution in [2.24, 2.45) is 0 Å². The lowest BCUT2D eigenvalue weighted by Crippen LogP contribution is -2.39. The van der Waals surface area contributed by atoms with Gasteiger partial charge in [0.05, 0.1) is 17.9 Å². The van der Waals surface area contributed by atoms with Crippen LogP contribution in [0.5, 0.6) is 0 Å². The maximum absolute atomic E-state index is 12.4. The molecule has 0 saturated carbocycles. The van der Waals surface area contributed by atoms with Gasteiger partial charge in [-0.1, -0.05) is 12.8 Å². The van der Waals surface area contributed by atoms with Crippen molar-refractivity contribution in [2.45, 2.75) is 37.9 Å². The molecule has 1 atom stereocenters. The minimum absolute atomic E-state index is 0.228. The fourth-order valence-electron chi connectivity index (χ4n) is 2.12. The van der Waals surface area contributed by atoms with Crippen molar-refractivity contribution in [1.29, 1.82) is 0 Å². The van der Waals surface area contributed by atoms with Crippen LogP contribution in [-0.4, -0.2) is 23.5 Å². The van der Waals surface area contributed by atoms with Crippen molar-refractivity contribution in [1.82, 2.24) is 10.3 Å². The molecule has 0 spiro atoms. The summed E-state index contributed by atoms with van der Waals surface area (Å²) in [7, 11) is 0. The number of nitrogens with one attached hydrogen (secondary N) is 2. The first-order valence-corrected chi connectivity index (χ1v) is 6.54. The van der Waals surface area contributed by atoms with Crippen molar-refractivity contribution in [3.05, 3.63) is 24.0 Å². The second-order valence-electron chi connectivity index (χ2n) is 4.78. The molecule has 1 aromatic heterocycles. The number of anilines is 1. The number of carbonyl (C=O) groups is 1. The molecule has 0 radical (unpaired) electrons. The van der Waals surface area contributed by atoms with E-state index in [2.05, 4.69) is 15.6 Å². The van der Waals surface area contributed by atoms with Crippen LogP contribution in [-0.2, 0) is 11.0 Å². The van der Waals surface area contributed by atoms with E-state index in [9.17, 15) is 18.0 Å². The predicted octanol–water partition coefficient (Wildman–Crippen LogP) is 2.57. The summed E-state index contributed by atoms with van der Waals surface area (Å²) in [5, 5.41) is 5.71. The van der Waals surface area contributed by atoms with E-state index in [1.54, 1.807) is 0 Å². The zero-order valence-electron chi connectivity index (χ0n) is 10.8. The summed E-state index contributed by atoms with van der Waals surface area (Å²) in [6.45, 7) is 0.781. The Balaban J connectivity index is 1.97. The Morgan fingerprint density at radius 3 is 2.75 bits per heavy atom.